The molecule has 112 valence electrons. The van der Waals surface area contributed by atoms with Crippen LogP contribution in [0.25, 0.3) is 0 Å². The summed E-state index contributed by atoms with van der Waals surface area (Å²) < 4.78 is 53.9. The molecule has 0 fully saturated rings. The van der Waals surface area contributed by atoms with E-state index in [9.17, 15) is 22.0 Å². The van der Waals surface area contributed by atoms with Gasteiger partial charge in [0.1, 0.15) is 10.7 Å². The average molecular weight is 309 g/mol. The third-order valence-corrected chi connectivity index (χ3v) is 3.23. The van der Waals surface area contributed by atoms with Gasteiger partial charge in [0.25, 0.3) is 0 Å². The Balaban J connectivity index is 2.81. The number of sulfonamides is 1. The molecular weight excluding hydrogens is 296 g/mol. The zero-order valence-corrected chi connectivity index (χ0v) is 11.1. The first-order valence-corrected chi connectivity index (χ1v) is 7.13. The first-order chi connectivity index (χ1) is 9.21. The van der Waals surface area contributed by atoms with Crippen molar-refractivity contribution in [3.8, 4) is 5.75 Å². The van der Waals surface area contributed by atoms with Crippen LogP contribution in [0.4, 0.5) is 8.78 Å². The van der Waals surface area contributed by atoms with E-state index in [0.29, 0.717) is 12.1 Å². The van der Waals surface area contributed by atoms with Gasteiger partial charge in [-0.25, -0.2) is 22.3 Å². The number of carboxylic acid groups (broad SMARTS) is 1. The van der Waals surface area contributed by atoms with E-state index in [2.05, 4.69) is 0 Å². The third-order valence-electron chi connectivity index (χ3n) is 2.31. The van der Waals surface area contributed by atoms with E-state index in [1.54, 1.807) is 0 Å². The minimum Gasteiger partial charge on any atom is -0.489 e. The average Bonchev–Trinajstić information content (AvgIpc) is 2.28. The molecule has 0 heterocycles. The summed E-state index contributed by atoms with van der Waals surface area (Å²) in [5, 5.41) is 13.3. The van der Waals surface area contributed by atoms with E-state index >= 15 is 0 Å². The highest BCUT2D eigenvalue weighted by Gasteiger charge is 2.21. The standard InChI is InChI=1S/C11H13F2NO5S/c12-7-5-8(13)11(9(6-7)20(14,17)18)19-4-2-1-3-10(15)16/h5-6H,1-4H2,(H,15,16)(H2,14,17,18). The number of aliphatic carboxylic acids is 1. The molecular formula is C11H13F2NO5S. The van der Waals surface area contributed by atoms with E-state index < -0.39 is 38.3 Å². The number of halogens is 2. The van der Waals surface area contributed by atoms with Crippen LogP contribution in [0.15, 0.2) is 17.0 Å². The molecule has 0 aliphatic rings. The quantitative estimate of drug-likeness (QED) is 0.737. The Labute approximate surface area is 114 Å². The summed E-state index contributed by atoms with van der Waals surface area (Å²) in [5.41, 5.74) is 0. The Bertz CT molecular complexity index is 603. The molecule has 0 saturated heterocycles. The van der Waals surface area contributed by atoms with Gasteiger partial charge in [0, 0.05) is 12.5 Å². The Morgan fingerprint density at radius 3 is 2.50 bits per heavy atom. The van der Waals surface area contributed by atoms with Crippen LogP contribution >= 0.6 is 0 Å². The summed E-state index contributed by atoms with van der Waals surface area (Å²) in [6.45, 7) is -0.113. The van der Waals surface area contributed by atoms with Crippen molar-refractivity contribution in [3.05, 3.63) is 23.8 Å². The van der Waals surface area contributed by atoms with Crippen molar-refractivity contribution in [3.63, 3.8) is 0 Å². The molecule has 0 bridgehead atoms. The first kappa shape index (κ1) is 16.3. The summed E-state index contributed by atoms with van der Waals surface area (Å²) >= 11 is 0. The topological polar surface area (TPSA) is 107 Å². The van der Waals surface area contributed by atoms with Crippen LogP contribution in [0.5, 0.6) is 5.75 Å². The molecule has 1 aromatic rings. The molecule has 0 spiro atoms. The number of carboxylic acids is 1. The van der Waals surface area contributed by atoms with Gasteiger partial charge in [0.05, 0.1) is 6.61 Å². The molecule has 9 heteroatoms. The lowest BCUT2D eigenvalue weighted by Gasteiger charge is -2.11. The predicted molar refractivity (Wildman–Crippen MR) is 64.7 cm³/mol. The van der Waals surface area contributed by atoms with E-state index in [0.717, 1.165) is 0 Å². The second-order valence-electron chi connectivity index (χ2n) is 3.96. The molecule has 20 heavy (non-hydrogen) atoms. The molecule has 0 radical (unpaired) electrons. The second kappa shape index (κ2) is 6.62. The van der Waals surface area contributed by atoms with Crippen molar-refractivity contribution in [1.82, 2.24) is 0 Å². The number of benzene rings is 1. The van der Waals surface area contributed by atoms with Crippen LogP contribution in [0.1, 0.15) is 19.3 Å². The summed E-state index contributed by atoms with van der Waals surface area (Å²) in [6.07, 6.45) is 0.466. The highest BCUT2D eigenvalue weighted by Crippen LogP contribution is 2.27. The van der Waals surface area contributed by atoms with Gasteiger partial charge in [0.15, 0.2) is 11.6 Å². The number of rotatable bonds is 7. The van der Waals surface area contributed by atoms with Gasteiger partial charge in [-0.05, 0) is 18.9 Å². The van der Waals surface area contributed by atoms with Gasteiger partial charge in [-0.15, -0.1) is 0 Å². The van der Waals surface area contributed by atoms with Crippen molar-refractivity contribution in [2.75, 3.05) is 6.61 Å². The van der Waals surface area contributed by atoms with E-state index in [4.69, 9.17) is 15.0 Å². The molecule has 1 aromatic carbocycles. The Morgan fingerprint density at radius 2 is 1.95 bits per heavy atom. The fourth-order valence-electron chi connectivity index (χ4n) is 1.44. The maximum atomic E-state index is 13.5. The number of hydrogen-bond acceptors (Lipinski definition) is 4. The molecule has 0 saturated carbocycles. The van der Waals surface area contributed by atoms with Gasteiger partial charge < -0.3 is 9.84 Å². The smallest absolute Gasteiger partial charge is 0.303 e. The molecule has 3 N–H and O–H groups in total. The van der Waals surface area contributed by atoms with Crippen LogP contribution < -0.4 is 9.88 Å². The molecule has 0 amide bonds. The van der Waals surface area contributed by atoms with Crippen molar-refractivity contribution in [2.24, 2.45) is 5.14 Å². The lowest BCUT2D eigenvalue weighted by atomic mass is 10.2. The molecule has 6 nitrogen and oxygen atoms in total. The molecule has 0 unspecified atom stereocenters. The Kier molecular flexibility index (Phi) is 5.40. The van der Waals surface area contributed by atoms with Crippen molar-refractivity contribution >= 4 is 16.0 Å². The monoisotopic (exact) mass is 309 g/mol. The Hall–Kier alpha value is -1.74. The summed E-state index contributed by atoms with van der Waals surface area (Å²) in [7, 11) is -4.33. The molecule has 1 rings (SSSR count). The SMILES string of the molecule is NS(=O)(=O)c1cc(F)cc(F)c1OCCCCC(=O)O. The maximum absolute atomic E-state index is 13.5. The Morgan fingerprint density at radius 1 is 1.30 bits per heavy atom. The minimum atomic E-state index is -4.33. The van der Waals surface area contributed by atoms with Crippen LogP contribution in [0, 0.1) is 11.6 Å². The first-order valence-electron chi connectivity index (χ1n) is 5.58. The summed E-state index contributed by atoms with van der Waals surface area (Å²) in [5.74, 6) is -3.93. The fraction of sp³-hybridized carbons (Fsp3) is 0.364. The lowest BCUT2D eigenvalue weighted by Crippen LogP contribution is -2.15. The van der Waals surface area contributed by atoms with Crippen molar-refractivity contribution in [1.29, 1.82) is 0 Å². The molecule has 0 aliphatic carbocycles. The van der Waals surface area contributed by atoms with Gasteiger partial charge >= 0.3 is 5.97 Å². The number of nitrogens with two attached hydrogens (primary N) is 1. The highest BCUT2D eigenvalue weighted by molar-refractivity contribution is 7.89. The maximum Gasteiger partial charge on any atom is 0.303 e. The lowest BCUT2D eigenvalue weighted by molar-refractivity contribution is -0.137. The van der Waals surface area contributed by atoms with Crippen LogP contribution in [0.3, 0.4) is 0 Å². The van der Waals surface area contributed by atoms with E-state index in [1.807, 2.05) is 0 Å². The fourth-order valence-corrected chi connectivity index (χ4v) is 2.13. The number of primary sulfonamides is 1. The van der Waals surface area contributed by atoms with Gasteiger partial charge in [0.2, 0.25) is 10.0 Å². The highest BCUT2D eigenvalue weighted by atomic mass is 32.2. The molecule has 0 aliphatic heterocycles. The van der Waals surface area contributed by atoms with Crippen LogP contribution in [0.2, 0.25) is 0 Å². The normalized spacial score (nSPS) is 11.3. The number of carbonyl (C=O) groups is 1. The van der Waals surface area contributed by atoms with Crippen molar-refractivity contribution in [2.45, 2.75) is 24.2 Å². The number of hydrogen-bond donors (Lipinski definition) is 2. The van der Waals surface area contributed by atoms with Gasteiger partial charge in [-0.3, -0.25) is 4.79 Å². The zero-order chi connectivity index (χ0) is 15.3. The largest absolute Gasteiger partial charge is 0.489 e. The molecule has 0 aromatic heterocycles. The third kappa shape index (κ3) is 4.74. The van der Waals surface area contributed by atoms with E-state index in [-0.39, 0.29) is 25.9 Å². The van der Waals surface area contributed by atoms with Gasteiger partial charge in [-0.2, -0.15) is 0 Å². The van der Waals surface area contributed by atoms with E-state index in [1.165, 1.54) is 0 Å². The van der Waals surface area contributed by atoms with Crippen LogP contribution in [-0.4, -0.2) is 26.1 Å². The van der Waals surface area contributed by atoms with Gasteiger partial charge in [-0.1, -0.05) is 0 Å². The summed E-state index contributed by atoms with van der Waals surface area (Å²) in [6, 6.07) is 1.03. The minimum absolute atomic E-state index is 0.0860. The van der Waals surface area contributed by atoms with Crippen LogP contribution in [-0.2, 0) is 14.8 Å². The second-order valence-corrected chi connectivity index (χ2v) is 5.49. The van der Waals surface area contributed by atoms with Crippen molar-refractivity contribution < 1.29 is 31.8 Å². The molecule has 0 atom stereocenters. The predicted octanol–water partition coefficient (Wildman–Crippen LogP) is 1.25. The number of unbranched alkanes of at least 4 members (excludes halogenated alkanes) is 1. The number of ether oxygens (including phenoxy) is 1. The summed E-state index contributed by atoms with van der Waals surface area (Å²) in [4.78, 5) is 9.49. The zero-order valence-electron chi connectivity index (χ0n) is 10.3.